The number of hydrogen-bond acceptors (Lipinski definition) is 3. The molecule has 0 atom stereocenters. The van der Waals surface area contributed by atoms with Crippen molar-refractivity contribution in [2.75, 3.05) is 26.2 Å². The number of thiocarbonyl (C=S) groups is 1. The molecule has 19 heavy (non-hydrogen) atoms. The lowest BCUT2D eigenvalue weighted by Crippen LogP contribution is -2.29. The number of ether oxygens (including phenoxy) is 1. The lowest BCUT2D eigenvalue weighted by Gasteiger charge is -2.20. The zero-order valence-electron chi connectivity index (χ0n) is 11.3. The van der Waals surface area contributed by atoms with Crippen LogP contribution in [0.25, 0.3) is 0 Å². The minimum atomic E-state index is 0.394. The average molecular weight is 278 g/mol. The molecule has 1 heterocycles. The number of nitrogens with zero attached hydrogens (tertiary/aromatic N) is 1. The monoisotopic (exact) mass is 278 g/mol. The maximum absolute atomic E-state index is 5.83. The molecule has 0 radical (unpaired) electrons. The van der Waals surface area contributed by atoms with Gasteiger partial charge in [0.1, 0.15) is 17.3 Å². The molecule has 0 aromatic heterocycles. The third-order valence-electron chi connectivity index (χ3n) is 3.52. The molecule has 0 aliphatic carbocycles. The summed E-state index contributed by atoms with van der Waals surface area (Å²) in [5.74, 6) is 0.796. The molecule has 1 fully saturated rings. The van der Waals surface area contributed by atoms with Crippen molar-refractivity contribution in [1.29, 1.82) is 0 Å². The molecule has 0 bridgehead atoms. The second-order valence-electron chi connectivity index (χ2n) is 4.96. The van der Waals surface area contributed by atoms with Gasteiger partial charge in [-0.3, -0.25) is 4.90 Å². The van der Waals surface area contributed by atoms with Crippen LogP contribution in [0.4, 0.5) is 0 Å². The Labute approximate surface area is 120 Å². The zero-order valence-corrected chi connectivity index (χ0v) is 12.1. The first-order chi connectivity index (χ1) is 9.27. The van der Waals surface area contributed by atoms with E-state index in [1.54, 1.807) is 0 Å². The number of para-hydroxylation sites is 1. The highest BCUT2D eigenvalue weighted by molar-refractivity contribution is 7.80. The lowest BCUT2D eigenvalue weighted by molar-refractivity contribution is 0.214. The summed E-state index contributed by atoms with van der Waals surface area (Å²) in [6.45, 7) is 4.06. The number of nitrogens with two attached hydrogens (primary N) is 1. The highest BCUT2D eigenvalue weighted by Gasteiger charge is 2.10. The summed E-state index contributed by atoms with van der Waals surface area (Å²) in [4.78, 5) is 2.88. The van der Waals surface area contributed by atoms with Crippen molar-refractivity contribution in [3.05, 3.63) is 29.8 Å². The Morgan fingerprint density at radius 2 is 1.84 bits per heavy atom. The third-order valence-corrected chi connectivity index (χ3v) is 3.74. The van der Waals surface area contributed by atoms with Crippen LogP contribution in [-0.4, -0.2) is 36.1 Å². The van der Waals surface area contributed by atoms with Gasteiger partial charge in [0.15, 0.2) is 0 Å². The Morgan fingerprint density at radius 1 is 1.16 bits per heavy atom. The Bertz CT molecular complexity index is 414. The van der Waals surface area contributed by atoms with Gasteiger partial charge in [0.05, 0.1) is 5.56 Å². The number of rotatable bonds is 5. The Balaban J connectivity index is 1.83. The van der Waals surface area contributed by atoms with Crippen LogP contribution in [0.2, 0.25) is 0 Å². The Kier molecular flexibility index (Phi) is 5.61. The van der Waals surface area contributed by atoms with Crippen LogP contribution in [0.3, 0.4) is 0 Å². The number of benzene rings is 1. The van der Waals surface area contributed by atoms with E-state index in [9.17, 15) is 0 Å². The normalized spacial score (nSPS) is 16.8. The summed E-state index contributed by atoms with van der Waals surface area (Å²) in [5, 5.41) is 0. The highest BCUT2D eigenvalue weighted by atomic mass is 32.1. The average Bonchev–Trinajstić information content (AvgIpc) is 2.68. The van der Waals surface area contributed by atoms with Crippen molar-refractivity contribution in [2.24, 2.45) is 5.73 Å². The molecule has 1 aliphatic heterocycles. The van der Waals surface area contributed by atoms with E-state index >= 15 is 0 Å². The van der Waals surface area contributed by atoms with Crippen LogP contribution in [-0.2, 0) is 0 Å². The standard InChI is InChI=1S/C15H22N2OS/c16-15(19)13-7-3-4-8-14(13)18-12-11-17-9-5-1-2-6-10-17/h3-4,7-8H,1-2,5-6,9-12H2,(H2,16,19). The van der Waals surface area contributed by atoms with Crippen molar-refractivity contribution in [3.63, 3.8) is 0 Å². The number of hydrogen-bond donors (Lipinski definition) is 1. The summed E-state index contributed by atoms with van der Waals surface area (Å²) < 4.78 is 5.83. The smallest absolute Gasteiger partial charge is 0.129 e. The maximum atomic E-state index is 5.83. The molecular weight excluding hydrogens is 256 g/mol. The highest BCUT2D eigenvalue weighted by Crippen LogP contribution is 2.17. The summed E-state index contributed by atoms with van der Waals surface area (Å²) in [6.07, 6.45) is 5.34. The van der Waals surface area contributed by atoms with Gasteiger partial charge in [-0.25, -0.2) is 0 Å². The van der Waals surface area contributed by atoms with Gasteiger partial charge in [0.25, 0.3) is 0 Å². The largest absolute Gasteiger partial charge is 0.492 e. The van der Waals surface area contributed by atoms with Gasteiger partial charge in [0, 0.05) is 6.54 Å². The van der Waals surface area contributed by atoms with Crippen molar-refractivity contribution < 1.29 is 4.74 Å². The van der Waals surface area contributed by atoms with Gasteiger partial charge in [-0.05, 0) is 38.1 Å². The second kappa shape index (κ2) is 7.46. The number of likely N-dealkylation sites (tertiary alicyclic amines) is 1. The first kappa shape index (κ1) is 14.3. The first-order valence-electron chi connectivity index (χ1n) is 7.01. The predicted octanol–water partition coefficient (Wildman–Crippen LogP) is 2.58. The van der Waals surface area contributed by atoms with E-state index < -0.39 is 0 Å². The molecular formula is C15H22N2OS. The second-order valence-corrected chi connectivity index (χ2v) is 5.40. The van der Waals surface area contributed by atoms with Crippen molar-refractivity contribution in [1.82, 2.24) is 4.90 Å². The van der Waals surface area contributed by atoms with Crippen LogP contribution in [0.15, 0.2) is 24.3 Å². The van der Waals surface area contributed by atoms with Crippen LogP contribution in [0.1, 0.15) is 31.2 Å². The zero-order chi connectivity index (χ0) is 13.5. The van der Waals surface area contributed by atoms with E-state index in [2.05, 4.69) is 4.90 Å². The first-order valence-corrected chi connectivity index (χ1v) is 7.42. The molecule has 2 rings (SSSR count). The molecule has 1 aromatic carbocycles. The molecule has 4 heteroatoms. The Hall–Kier alpha value is -1.13. The fraction of sp³-hybridized carbons (Fsp3) is 0.533. The molecule has 2 N–H and O–H groups in total. The van der Waals surface area contributed by atoms with Gasteiger partial charge in [0.2, 0.25) is 0 Å². The third kappa shape index (κ3) is 4.48. The minimum Gasteiger partial charge on any atom is -0.492 e. The summed E-state index contributed by atoms with van der Waals surface area (Å²) >= 11 is 5.03. The van der Waals surface area contributed by atoms with Crippen molar-refractivity contribution >= 4 is 17.2 Å². The van der Waals surface area contributed by atoms with Gasteiger partial charge >= 0.3 is 0 Å². The van der Waals surface area contributed by atoms with Gasteiger partial charge in [-0.1, -0.05) is 37.2 Å². The minimum absolute atomic E-state index is 0.394. The molecule has 0 saturated carbocycles. The van der Waals surface area contributed by atoms with Gasteiger partial charge in [-0.15, -0.1) is 0 Å². The van der Waals surface area contributed by atoms with E-state index in [0.717, 1.165) is 17.9 Å². The van der Waals surface area contributed by atoms with Crippen LogP contribution in [0.5, 0.6) is 5.75 Å². The van der Waals surface area contributed by atoms with Gasteiger partial charge in [-0.2, -0.15) is 0 Å². The molecule has 1 saturated heterocycles. The van der Waals surface area contributed by atoms with E-state index in [4.69, 9.17) is 22.7 Å². The predicted molar refractivity (Wildman–Crippen MR) is 82.7 cm³/mol. The van der Waals surface area contributed by atoms with Crippen LogP contribution in [0, 0.1) is 0 Å². The topological polar surface area (TPSA) is 38.5 Å². The molecule has 1 aliphatic rings. The van der Waals surface area contributed by atoms with E-state index in [1.165, 1.54) is 38.8 Å². The van der Waals surface area contributed by atoms with E-state index in [-0.39, 0.29) is 0 Å². The van der Waals surface area contributed by atoms with Crippen LogP contribution >= 0.6 is 12.2 Å². The fourth-order valence-electron chi connectivity index (χ4n) is 2.44. The molecule has 0 unspecified atom stereocenters. The fourth-order valence-corrected chi connectivity index (χ4v) is 2.61. The van der Waals surface area contributed by atoms with E-state index in [1.807, 2.05) is 24.3 Å². The molecule has 0 amide bonds. The summed E-state index contributed by atoms with van der Waals surface area (Å²) in [7, 11) is 0. The van der Waals surface area contributed by atoms with Gasteiger partial charge < -0.3 is 10.5 Å². The summed E-state index contributed by atoms with van der Waals surface area (Å²) in [5.41, 5.74) is 6.52. The molecule has 104 valence electrons. The molecule has 1 aromatic rings. The summed E-state index contributed by atoms with van der Waals surface area (Å²) in [6, 6.07) is 7.71. The Morgan fingerprint density at radius 3 is 2.53 bits per heavy atom. The quantitative estimate of drug-likeness (QED) is 0.840. The maximum Gasteiger partial charge on any atom is 0.129 e. The van der Waals surface area contributed by atoms with Crippen molar-refractivity contribution in [2.45, 2.75) is 25.7 Å². The SMILES string of the molecule is NC(=S)c1ccccc1OCCN1CCCCCC1. The van der Waals surface area contributed by atoms with Crippen LogP contribution < -0.4 is 10.5 Å². The molecule has 0 spiro atoms. The lowest BCUT2D eigenvalue weighted by atomic mass is 10.2. The van der Waals surface area contributed by atoms with Crippen molar-refractivity contribution in [3.8, 4) is 5.75 Å². The van der Waals surface area contributed by atoms with E-state index in [0.29, 0.717) is 11.6 Å². The molecule has 3 nitrogen and oxygen atoms in total.